The zero-order valence-electron chi connectivity index (χ0n) is 10.0. The number of nitrogens with zero attached hydrogens (tertiary/aromatic N) is 2. The Balaban J connectivity index is 2.10. The van der Waals surface area contributed by atoms with Crippen molar-refractivity contribution in [3.63, 3.8) is 0 Å². The summed E-state index contributed by atoms with van der Waals surface area (Å²) in [5.41, 5.74) is 3.02. The second-order valence-electron chi connectivity index (χ2n) is 3.86. The number of hydrogen-bond acceptors (Lipinski definition) is 4. The molecule has 0 radical (unpaired) electrons. The molecule has 0 aliphatic carbocycles. The fourth-order valence-corrected chi connectivity index (χ4v) is 2.70. The van der Waals surface area contributed by atoms with Crippen LogP contribution in [0.4, 0.5) is 5.69 Å². The van der Waals surface area contributed by atoms with Crippen LogP contribution in [0.25, 0.3) is 0 Å². The number of thiazole rings is 1. The number of nitrogens with one attached hydrogen (secondary N) is 1. The van der Waals surface area contributed by atoms with Gasteiger partial charge in [0, 0.05) is 4.88 Å². The van der Waals surface area contributed by atoms with E-state index in [0.717, 1.165) is 28.6 Å². The summed E-state index contributed by atoms with van der Waals surface area (Å²) >= 11 is 7.54. The monoisotopic (exact) mass is 267 g/mol. The first-order valence-corrected chi connectivity index (χ1v) is 6.55. The number of rotatable bonds is 3. The lowest BCUT2D eigenvalue weighted by Gasteiger charge is -2.08. The van der Waals surface area contributed by atoms with E-state index in [1.54, 1.807) is 17.4 Å². The number of hydrogen-bond donors (Lipinski definition) is 1. The molecule has 0 bridgehead atoms. The molecule has 2 aromatic heterocycles. The summed E-state index contributed by atoms with van der Waals surface area (Å²) in [7, 11) is 0. The minimum Gasteiger partial charge on any atom is -0.379 e. The van der Waals surface area contributed by atoms with Gasteiger partial charge in [-0.15, -0.1) is 11.3 Å². The van der Waals surface area contributed by atoms with Gasteiger partial charge in [0.05, 0.1) is 28.6 Å². The van der Waals surface area contributed by atoms with Gasteiger partial charge < -0.3 is 5.32 Å². The molecule has 0 aromatic carbocycles. The van der Waals surface area contributed by atoms with E-state index in [-0.39, 0.29) is 0 Å². The van der Waals surface area contributed by atoms with Crippen LogP contribution in [0.1, 0.15) is 21.3 Å². The van der Waals surface area contributed by atoms with Gasteiger partial charge in [0.25, 0.3) is 0 Å². The SMILES string of the molecule is Cc1nc(C)c(CNc2ccc(Cl)nc2C)s1. The minimum absolute atomic E-state index is 0.526. The van der Waals surface area contributed by atoms with Crippen molar-refractivity contribution in [3.8, 4) is 0 Å². The molecule has 1 N–H and O–H groups in total. The van der Waals surface area contributed by atoms with Gasteiger partial charge in [-0.3, -0.25) is 0 Å². The maximum atomic E-state index is 5.82. The van der Waals surface area contributed by atoms with Crippen LogP contribution in [0.3, 0.4) is 0 Å². The lowest BCUT2D eigenvalue weighted by Crippen LogP contribution is -2.01. The molecule has 3 nitrogen and oxygen atoms in total. The summed E-state index contributed by atoms with van der Waals surface area (Å²) in [6.07, 6.45) is 0. The average molecular weight is 268 g/mol. The zero-order chi connectivity index (χ0) is 12.4. The summed E-state index contributed by atoms with van der Waals surface area (Å²) in [5, 5.41) is 4.99. The van der Waals surface area contributed by atoms with Crippen LogP contribution < -0.4 is 5.32 Å². The molecule has 2 rings (SSSR count). The van der Waals surface area contributed by atoms with Crippen molar-refractivity contribution in [2.24, 2.45) is 0 Å². The maximum Gasteiger partial charge on any atom is 0.129 e. The lowest BCUT2D eigenvalue weighted by molar-refractivity contribution is 1.09. The molecular weight excluding hydrogens is 254 g/mol. The Morgan fingerprint density at radius 2 is 1.94 bits per heavy atom. The standard InChI is InChI=1S/C12H14ClN3S/c1-7-10(4-5-12(13)16-7)14-6-11-8(2)15-9(3)17-11/h4-5,14H,6H2,1-3H3. The highest BCUT2D eigenvalue weighted by Gasteiger charge is 2.05. The van der Waals surface area contributed by atoms with E-state index in [1.807, 2.05) is 26.8 Å². The van der Waals surface area contributed by atoms with Crippen molar-refractivity contribution < 1.29 is 0 Å². The molecule has 2 aromatic rings. The summed E-state index contributed by atoms with van der Waals surface area (Å²) in [5.74, 6) is 0. The third kappa shape index (κ3) is 2.96. The normalized spacial score (nSPS) is 10.6. The predicted molar refractivity (Wildman–Crippen MR) is 72.9 cm³/mol. The van der Waals surface area contributed by atoms with E-state index < -0.39 is 0 Å². The number of anilines is 1. The van der Waals surface area contributed by atoms with Gasteiger partial charge in [0.1, 0.15) is 5.15 Å². The zero-order valence-corrected chi connectivity index (χ0v) is 11.6. The summed E-state index contributed by atoms with van der Waals surface area (Å²) < 4.78 is 0. The van der Waals surface area contributed by atoms with Crippen molar-refractivity contribution in [2.75, 3.05) is 5.32 Å². The van der Waals surface area contributed by atoms with Crippen LogP contribution in [0, 0.1) is 20.8 Å². The number of aromatic nitrogens is 2. The molecule has 0 spiro atoms. The van der Waals surface area contributed by atoms with Crippen LogP contribution >= 0.6 is 22.9 Å². The average Bonchev–Trinajstić information content (AvgIpc) is 2.56. The molecule has 0 unspecified atom stereocenters. The molecule has 2 heterocycles. The third-order valence-corrected chi connectivity index (χ3v) is 3.77. The molecule has 0 amide bonds. The van der Waals surface area contributed by atoms with Crippen LogP contribution in [-0.4, -0.2) is 9.97 Å². The molecule has 0 atom stereocenters. The van der Waals surface area contributed by atoms with Crippen LogP contribution in [-0.2, 0) is 6.54 Å². The second kappa shape index (κ2) is 5.02. The van der Waals surface area contributed by atoms with Gasteiger partial charge in [-0.05, 0) is 32.9 Å². The van der Waals surface area contributed by atoms with Crippen molar-refractivity contribution >= 4 is 28.6 Å². The lowest BCUT2D eigenvalue weighted by atomic mass is 10.3. The molecule has 0 aliphatic rings. The first-order valence-electron chi connectivity index (χ1n) is 5.36. The predicted octanol–water partition coefficient (Wildman–Crippen LogP) is 3.73. The molecule has 0 saturated carbocycles. The van der Waals surface area contributed by atoms with Crippen molar-refractivity contribution in [1.29, 1.82) is 0 Å². The van der Waals surface area contributed by atoms with Crippen molar-refractivity contribution in [2.45, 2.75) is 27.3 Å². The molecule has 5 heteroatoms. The Bertz CT molecular complexity index is 537. The van der Waals surface area contributed by atoms with E-state index in [9.17, 15) is 0 Å². The fraction of sp³-hybridized carbons (Fsp3) is 0.333. The molecule has 17 heavy (non-hydrogen) atoms. The van der Waals surface area contributed by atoms with Crippen LogP contribution in [0.2, 0.25) is 5.15 Å². The van der Waals surface area contributed by atoms with Crippen molar-refractivity contribution in [3.05, 3.63) is 38.6 Å². The molecular formula is C12H14ClN3S. The van der Waals surface area contributed by atoms with Gasteiger partial charge in [-0.2, -0.15) is 0 Å². The number of halogens is 1. The first kappa shape index (κ1) is 12.3. The van der Waals surface area contributed by atoms with E-state index in [4.69, 9.17) is 11.6 Å². The molecule has 0 saturated heterocycles. The molecule has 0 fully saturated rings. The van der Waals surface area contributed by atoms with Gasteiger partial charge in [-0.25, -0.2) is 9.97 Å². The Morgan fingerprint density at radius 3 is 2.53 bits per heavy atom. The highest BCUT2D eigenvalue weighted by Crippen LogP contribution is 2.20. The largest absolute Gasteiger partial charge is 0.379 e. The van der Waals surface area contributed by atoms with Gasteiger partial charge in [0.15, 0.2) is 0 Å². The summed E-state index contributed by atoms with van der Waals surface area (Å²) in [6.45, 7) is 6.78. The highest BCUT2D eigenvalue weighted by molar-refractivity contribution is 7.11. The van der Waals surface area contributed by atoms with E-state index in [1.165, 1.54) is 4.88 Å². The summed E-state index contributed by atoms with van der Waals surface area (Å²) in [4.78, 5) is 9.87. The maximum absolute atomic E-state index is 5.82. The smallest absolute Gasteiger partial charge is 0.129 e. The Kier molecular flexibility index (Phi) is 3.64. The van der Waals surface area contributed by atoms with E-state index in [0.29, 0.717) is 5.15 Å². The topological polar surface area (TPSA) is 37.8 Å². The van der Waals surface area contributed by atoms with E-state index in [2.05, 4.69) is 15.3 Å². The first-order chi connectivity index (χ1) is 8.06. The quantitative estimate of drug-likeness (QED) is 0.861. The van der Waals surface area contributed by atoms with Crippen LogP contribution in [0.5, 0.6) is 0 Å². The Morgan fingerprint density at radius 1 is 1.18 bits per heavy atom. The second-order valence-corrected chi connectivity index (χ2v) is 5.54. The molecule has 0 aliphatic heterocycles. The Hall–Kier alpha value is -1.13. The van der Waals surface area contributed by atoms with Crippen LogP contribution in [0.15, 0.2) is 12.1 Å². The number of aryl methyl sites for hydroxylation is 3. The highest BCUT2D eigenvalue weighted by atomic mass is 35.5. The number of pyridine rings is 1. The van der Waals surface area contributed by atoms with E-state index >= 15 is 0 Å². The third-order valence-electron chi connectivity index (χ3n) is 2.49. The Labute approximate surface area is 110 Å². The van der Waals surface area contributed by atoms with Crippen molar-refractivity contribution in [1.82, 2.24) is 9.97 Å². The molecule has 90 valence electrons. The van der Waals surface area contributed by atoms with Gasteiger partial charge in [0.2, 0.25) is 0 Å². The van der Waals surface area contributed by atoms with Gasteiger partial charge >= 0.3 is 0 Å². The van der Waals surface area contributed by atoms with Gasteiger partial charge in [-0.1, -0.05) is 11.6 Å². The fourth-order valence-electron chi connectivity index (χ4n) is 1.63. The summed E-state index contributed by atoms with van der Waals surface area (Å²) in [6, 6.07) is 3.75. The minimum atomic E-state index is 0.526.